The molecule has 1 atom stereocenters. The van der Waals surface area contributed by atoms with E-state index in [0.717, 1.165) is 18.9 Å². The third-order valence-corrected chi connectivity index (χ3v) is 2.70. The number of rotatable bonds is 5. The maximum Gasteiger partial charge on any atom is 0.418 e. The molecule has 3 N–H and O–H groups in total. The lowest BCUT2D eigenvalue weighted by Crippen LogP contribution is -2.36. The second kappa shape index (κ2) is 6.56. The molecule has 0 aliphatic rings. The first-order valence-electron chi connectivity index (χ1n) is 6.09. The number of amides is 1. The number of nitrogens with one attached hydrogen (secondary N) is 1. The second-order valence-electron chi connectivity index (χ2n) is 4.28. The Morgan fingerprint density at radius 1 is 1.37 bits per heavy atom. The van der Waals surface area contributed by atoms with E-state index < -0.39 is 23.7 Å². The molecule has 0 aromatic heterocycles. The Morgan fingerprint density at radius 2 is 2.00 bits per heavy atom. The van der Waals surface area contributed by atoms with Crippen LogP contribution in [0.15, 0.2) is 24.3 Å². The first-order chi connectivity index (χ1) is 8.86. The van der Waals surface area contributed by atoms with Crippen LogP contribution in [0.1, 0.15) is 31.7 Å². The summed E-state index contributed by atoms with van der Waals surface area (Å²) in [6.45, 7) is 1.95. The lowest BCUT2D eigenvalue weighted by Gasteiger charge is -2.16. The number of para-hydroxylation sites is 1. The number of hydrogen-bond donors (Lipinski definition) is 2. The largest absolute Gasteiger partial charge is 0.418 e. The quantitative estimate of drug-likeness (QED) is 0.866. The number of carbonyl (C=O) groups is 1. The standard InChI is InChI=1S/C13H17F3N2O/c1-2-3-7-10(17)12(19)18-11-8-5-4-6-9(11)13(14,15)16/h4-6,8,10H,2-3,7,17H2,1H3,(H,18,19)/t10-/m0/s1. The van der Waals surface area contributed by atoms with Gasteiger partial charge in [-0.25, -0.2) is 0 Å². The highest BCUT2D eigenvalue weighted by molar-refractivity contribution is 5.95. The van der Waals surface area contributed by atoms with Crippen LogP contribution >= 0.6 is 0 Å². The van der Waals surface area contributed by atoms with Crippen LogP contribution in [-0.2, 0) is 11.0 Å². The number of carbonyl (C=O) groups excluding carboxylic acids is 1. The average Bonchev–Trinajstić information content (AvgIpc) is 2.35. The molecule has 0 bridgehead atoms. The average molecular weight is 274 g/mol. The molecule has 0 aliphatic carbocycles. The van der Waals surface area contributed by atoms with Gasteiger partial charge in [-0.05, 0) is 18.6 Å². The SMILES string of the molecule is CCCC[C@H](N)C(=O)Nc1ccccc1C(F)(F)F. The van der Waals surface area contributed by atoms with Crippen molar-refractivity contribution in [2.24, 2.45) is 5.73 Å². The fraction of sp³-hybridized carbons (Fsp3) is 0.462. The number of anilines is 1. The van der Waals surface area contributed by atoms with E-state index in [1.54, 1.807) is 0 Å². The molecule has 1 amide bonds. The van der Waals surface area contributed by atoms with E-state index in [0.29, 0.717) is 6.42 Å². The van der Waals surface area contributed by atoms with Crippen molar-refractivity contribution in [3.63, 3.8) is 0 Å². The highest BCUT2D eigenvalue weighted by Crippen LogP contribution is 2.34. The Labute approximate surface area is 110 Å². The van der Waals surface area contributed by atoms with Crippen LogP contribution in [0.5, 0.6) is 0 Å². The summed E-state index contributed by atoms with van der Waals surface area (Å²) < 4.78 is 38.2. The highest BCUT2D eigenvalue weighted by Gasteiger charge is 2.33. The molecule has 1 rings (SSSR count). The summed E-state index contributed by atoms with van der Waals surface area (Å²) in [5.41, 5.74) is 4.49. The van der Waals surface area contributed by atoms with Gasteiger partial charge < -0.3 is 11.1 Å². The van der Waals surface area contributed by atoms with Crippen molar-refractivity contribution >= 4 is 11.6 Å². The summed E-state index contributed by atoms with van der Waals surface area (Å²) >= 11 is 0. The van der Waals surface area contributed by atoms with Gasteiger partial charge in [-0.2, -0.15) is 13.2 Å². The van der Waals surface area contributed by atoms with Crippen LogP contribution in [0.25, 0.3) is 0 Å². The van der Waals surface area contributed by atoms with Crippen molar-refractivity contribution in [3.05, 3.63) is 29.8 Å². The molecular weight excluding hydrogens is 257 g/mol. The molecule has 1 aromatic rings. The minimum atomic E-state index is -4.50. The van der Waals surface area contributed by atoms with E-state index in [-0.39, 0.29) is 5.69 Å². The van der Waals surface area contributed by atoms with Gasteiger partial charge in [0.25, 0.3) is 0 Å². The van der Waals surface area contributed by atoms with Gasteiger partial charge in [0, 0.05) is 0 Å². The molecule has 0 saturated heterocycles. The normalized spacial score (nSPS) is 13.1. The van der Waals surface area contributed by atoms with Crippen molar-refractivity contribution in [2.75, 3.05) is 5.32 Å². The van der Waals surface area contributed by atoms with Gasteiger partial charge in [-0.3, -0.25) is 4.79 Å². The molecule has 6 heteroatoms. The minimum absolute atomic E-state index is 0.257. The van der Waals surface area contributed by atoms with Crippen LogP contribution in [0, 0.1) is 0 Å². The molecule has 0 spiro atoms. The Morgan fingerprint density at radius 3 is 2.58 bits per heavy atom. The Balaban J connectivity index is 2.80. The zero-order valence-electron chi connectivity index (χ0n) is 10.6. The predicted octanol–water partition coefficient (Wildman–Crippen LogP) is 3.16. The van der Waals surface area contributed by atoms with Crippen molar-refractivity contribution in [1.82, 2.24) is 0 Å². The predicted molar refractivity (Wildman–Crippen MR) is 67.6 cm³/mol. The zero-order valence-corrected chi connectivity index (χ0v) is 10.6. The molecule has 0 radical (unpaired) electrons. The first-order valence-corrected chi connectivity index (χ1v) is 6.09. The Bertz CT molecular complexity index is 432. The maximum atomic E-state index is 12.7. The molecule has 0 unspecified atom stereocenters. The molecule has 0 aliphatic heterocycles. The van der Waals surface area contributed by atoms with Crippen molar-refractivity contribution in [1.29, 1.82) is 0 Å². The van der Waals surface area contributed by atoms with Crippen molar-refractivity contribution in [3.8, 4) is 0 Å². The molecule has 0 fully saturated rings. The van der Waals surface area contributed by atoms with E-state index in [1.807, 2.05) is 6.92 Å². The van der Waals surface area contributed by atoms with Crippen LogP contribution < -0.4 is 11.1 Å². The van der Waals surface area contributed by atoms with E-state index in [1.165, 1.54) is 18.2 Å². The Hall–Kier alpha value is -1.56. The minimum Gasteiger partial charge on any atom is -0.324 e. The molecule has 1 aromatic carbocycles. The smallest absolute Gasteiger partial charge is 0.324 e. The molecule has 3 nitrogen and oxygen atoms in total. The number of halogens is 3. The summed E-state index contributed by atoms with van der Waals surface area (Å²) in [7, 11) is 0. The summed E-state index contributed by atoms with van der Waals surface area (Å²) in [5, 5.41) is 2.24. The number of nitrogens with two attached hydrogens (primary N) is 1. The number of alkyl halides is 3. The van der Waals surface area contributed by atoms with E-state index in [9.17, 15) is 18.0 Å². The third kappa shape index (κ3) is 4.55. The number of hydrogen-bond acceptors (Lipinski definition) is 2. The van der Waals surface area contributed by atoms with Gasteiger partial charge >= 0.3 is 6.18 Å². The Kier molecular flexibility index (Phi) is 5.35. The van der Waals surface area contributed by atoms with Crippen molar-refractivity contribution < 1.29 is 18.0 Å². The third-order valence-electron chi connectivity index (χ3n) is 2.70. The van der Waals surface area contributed by atoms with Crippen molar-refractivity contribution in [2.45, 2.75) is 38.4 Å². The first kappa shape index (κ1) is 15.5. The topological polar surface area (TPSA) is 55.1 Å². The number of unbranched alkanes of at least 4 members (excludes halogenated alkanes) is 1. The molecule has 19 heavy (non-hydrogen) atoms. The van der Waals surface area contributed by atoms with Gasteiger partial charge in [0.15, 0.2) is 0 Å². The second-order valence-corrected chi connectivity index (χ2v) is 4.28. The molecular formula is C13H17F3N2O. The van der Waals surface area contributed by atoms with Crippen LogP contribution in [0.2, 0.25) is 0 Å². The van der Waals surface area contributed by atoms with Gasteiger partial charge in [-0.1, -0.05) is 31.9 Å². The van der Waals surface area contributed by atoms with Gasteiger partial charge in [0.2, 0.25) is 5.91 Å². The lowest BCUT2D eigenvalue weighted by atomic mass is 10.1. The highest BCUT2D eigenvalue weighted by atomic mass is 19.4. The zero-order chi connectivity index (χ0) is 14.5. The van der Waals surface area contributed by atoms with Crippen LogP contribution in [-0.4, -0.2) is 11.9 Å². The fourth-order valence-electron chi connectivity index (χ4n) is 1.62. The fourth-order valence-corrected chi connectivity index (χ4v) is 1.62. The monoisotopic (exact) mass is 274 g/mol. The summed E-state index contributed by atoms with van der Waals surface area (Å²) in [6.07, 6.45) is -2.41. The van der Waals surface area contributed by atoms with Crippen LogP contribution in [0.3, 0.4) is 0 Å². The van der Waals surface area contributed by atoms with Gasteiger partial charge in [0.1, 0.15) is 0 Å². The molecule has 0 saturated carbocycles. The molecule has 0 heterocycles. The van der Waals surface area contributed by atoms with E-state index in [4.69, 9.17) is 5.73 Å². The summed E-state index contributed by atoms with van der Waals surface area (Å²) in [4.78, 5) is 11.7. The van der Waals surface area contributed by atoms with E-state index in [2.05, 4.69) is 5.32 Å². The number of benzene rings is 1. The van der Waals surface area contributed by atoms with Gasteiger partial charge in [0.05, 0.1) is 17.3 Å². The lowest BCUT2D eigenvalue weighted by molar-refractivity contribution is -0.137. The summed E-state index contributed by atoms with van der Waals surface area (Å²) in [5.74, 6) is -0.592. The maximum absolute atomic E-state index is 12.7. The van der Waals surface area contributed by atoms with E-state index >= 15 is 0 Å². The van der Waals surface area contributed by atoms with Crippen LogP contribution in [0.4, 0.5) is 18.9 Å². The summed E-state index contributed by atoms with van der Waals surface area (Å²) in [6, 6.07) is 4.06. The van der Waals surface area contributed by atoms with Gasteiger partial charge in [-0.15, -0.1) is 0 Å². The molecule has 106 valence electrons.